The molecule has 1 aliphatic rings. The maximum Gasteiger partial charge on any atom is 0.0944 e. The summed E-state index contributed by atoms with van der Waals surface area (Å²) in [6, 6.07) is 2.04. The van der Waals surface area contributed by atoms with Gasteiger partial charge in [0.05, 0.1) is 12.2 Å². The minimum atomic E-state index is -0.367. The van der Waals surface area contributed by atoms with Crippen molar-refractivity contribution in [2.45, 2.75) is 25.4 Å². The van der Waals surface area contributed by atoms with E-state index in [4.69, 9.17) is 10.4 Å². The van der Waals surface area contributed by atoms with Crippen molar-refractivity contribution in [2.24, 2.45) is 0 Å². The van der Waals surface area contributed by atoms with Gasteiger partial charge in [0.15, 0.2) is 0 Å². The van der Waals surface area contributed by atoms with Gasteiger partial charge in [-0.1, -0.05) is 0 Å². The fraction of sp³-hybridized carbons (Fsp3) is 0.571. The molecule has 0 aromatic rings. The van der Waals surface area contributed by atoms with E-state index in [9.17, 15) is 0 Å². The molecule has 0 saturated carbocycles. The number of nitriles is 1. The quantitative estimate of drug-likeness (QED) is 0.521. The predicted molar refractivity (Wildman–Crippen MR) is 33.6 cm³/mol. The number of allylic oxidation sites excluding steroid dienone is 1. The Hall–Kier alpha value is -0.810. The first-order valence-electron chi connectivity index (χ1n) is 3.12. The van der Waals surface area contributed by atoms with Crippen molar-refractivity contribution in [3.05, 3.63) is 11.6 Å². The molecule has 1 N–H and O–H groups in total. The van der Waals surface area contributed by atoms with Crippen LogP contribution in [0.2, 0.25) is 0 Å². The van der Waals surface area contributed by atoms with Crippen molar-refractivity contribution >= 4 is 0 Å². The topological polar surface area (TPSA) is 44.0 Å². The molecule has 9 heavy (non-hydrogen) atoms. The number of hydrogen-bond acceptors (Lipinski definition) is 2. The second-order valence-corrected chi connectivity index (χ2v) is 2.26. The largest absolute Gasteiger partial charge is 0.389 e. The lowest BCUT2D eigenvalue weighted by atomic mass is 9.99. The molecular weight excluding hydrogens is 114 g/mol. The van der Waals surface area contributed by atoms with Gasteiger partial charge in [0.25, 0.3) is 0 Å². The maximum absolute atomic E-state index is 8.98. The van der Waals surface area contributed by atoms with Crippen LogP contribution < -0.4 is 0 Å². The molecule has 1 rings (SSSR count). The highest BCUT2D eigenvalue weighted by molar-refractivity contribution is 5.23. The Morgan fingerprint density at radius 2 is 2.56 bits per heavy atom. The zero-order chi connectivity index (χ0) is 6.69. The lowest BCUT2D eigenvalue weighted by molar-refractivity contribution is 0.203. The van der Waals surface area contributed by atoms with Crippen molar-refractivity contribution in [3.63, 3.8) is 0 Å². The van der Waals surface area contributed by atoms with Crippen LogP contribution in [0.5, 0.6) is 0 Å². The van der Waals surface area contributed by atoms with E-state index in [1.165, 1.54) is 0 Å². The smallest absolute Gasteiger partial charge is 0.0944 e. The molecule has 2 nitrogen and oxygen atoms in total. The van der Waals surface area contributed by atoms with Gasteiger partial charge in [-0.2, -0.15) is 5.26 Å². The molecular formula is C7H9NO. The van der Waals surface area contributed by atoms with Crippen molar-refractivity contribution < 1.29 is 5.11 Å². The van der Waals surface area contributed by atoms with Crippen LogP contribution in [0.3, 0.4) is 0 Å². The summed E-state index contributed by atoms with van der Waals surface area (Å²) in [6.45, 7) is 0. The molecule has 0 heterocycles. The molecule has 0 saturated heterocycles. The summed E-state index contributed by atoms with van der Waals surface area (Å²) in [5, 5.41) is 17.4. The lowest BCUT2D eigenvalue weighted by Gasteiger charge is -2.11. The number of aliphatic hydroxyl groups excluding tert-OH is 1. The van der Waals surface area contributed by atoms with Crippen molar-refractivity contribution in [1.82, 2.24) is 0 Å². The Morgan fingerprint density at radius 1 is 1.78 bits per heavy atom. The molecule has 0 fully saturated rings. The Bertz CT molecular complexity index is 166. The number of nitrogens with zero attached hydrogens (tertiary/aromatic N) is 1. The van der Waals surface area contributed by atoms with Crippen LogP contribution in [-0.4, -0.2) is 11.2 Å². The summed E-state index contributed by atoms with van der Waals surface area (Å²) in [5.74, 6) is 0. The molecule has 0 radical (unpaired) electrons. The first-order valence-corrected chi connectivity index (χ1v) is 3.12. The number of rotatable bonds is 0. The summed E-state index contributed by atoms with van der Waals surface area (Å²) in [5.41, 5.74) is 0.730. The monoisotopic (exact) mass is 123 g/mol. The number of aliphatic hydroxyl groups is 1. The van der Waals surface area contributed by atoms with Crippen molar-refractivity contribution in [2.75, 3.05) is 0 Å². The van der Waals surface area contributed by atoms with Gasteiger partial charge in [-0.3, -0.25) is 0 Å². The minimum absolute atomic E-state index is 0.367. The van der Waals surface area contributed by atoms with Gasteiger partial charge < -0.3 is 5.11 Å². The summed E-state index contributed by atoms with van der Waals surface area (Å²) in [7, 11) is 0. The van der Waals surface area contributed by atoms with Crippen LogP contribution in [-0.2, 0) is 0 Å². The van der Waals surface area contributed by atoms with Gasteiger partial charge in [-0.05, 0) is 25.3 Å². The molecule has 0 aliphatic heterocycles. The van der Waals surface area contributed by atoms with E-state index in [-0.39, 0.29) is 6.10 Å². The summed E-state index contributed by atoms with van der Waals surface area (Å²) >= 11 is 0. The van der Waals surface area contributed by atoms with E-state index in [2.05, 4.69) is 0 Å². The van der Waals surface area contributed by atoms with Crippen LogP contribution in [0.25, 0.3) is 0 Å². The van der Waals surface area contributed by atoms with Gasteiger partial charge in [0.2, 0.25) is 0 Å². The summed E-state index contributed by atoms with van der Waals surface area (Å²) in [4.78, 5) is 0. The molecule has 1 aliphatic carbocycles. The van der Waals surface area contributed by atoms with E-state index in [1.807, 2.05) is 6.07 Å². The molecule has 48 valence electrons. The molecule has 0 aromatic carbocycles. The Labute approximate surface area is 54.4 Å². The lowest BCUT2D eigenvalue weighted by Crippen LogP contribution is -2.07. The third-order valence-electron chi connectivity index (χ3n) is 1.48. The maximum atomic E-state index is 8.98. The van der Waals surface area contributed by atoms with E-state index in [0.717, 1.165) is 24.8 Å². The molecule has 0 bridgehead atoms. The molecule has 0 amide bonds. The first-order chi connectivity index (χ1) is 4.33. The van der Waals surface area contributed by atoms with E-state index < -0.39 is 0 Å². The Morgan fingerprint density at radius 3 is 3.00 bits per heavy atom. The van der Waals surface area contributed by atoms with Crippen LogP contribution in [0.4, 0.5) is 0 Å². The van der Waals surface area contributed by atoms with Gasteiger partial charge >= 0.3 is 0 Å². The first kappa shape index (κ1) is 6.31. The third kappa shape index (κ3) is 1.55. The van der Waals surface area contributed by atoms with Gasteiger partial charge in [-0.25, -0.2) is 0 Å². The molecule has 0 spiro atoms. The second-order valence-electron chi connectivity index (χ2n) is 2.26. The minimum Gasteiger partial charge on any atom is -0.389 e. The highest BCUT2D eigenvalue weighted by atomic mass is 16.3. The average Bonchev–Trinajstić information content (AvgIpc) is 1.88. The molecule has 1 atom stereocenters. The number of hydrogen-bond donors (Lipinski definition) is 1. The fourth-order valence-electron chi connectivity index (χ4n) is 0.994. The van der Waals surface area contributed by atoms with Crippen molar-refractivity contribution in [3.8, 4) is 6.07 Å². The summed E-state index contributed by atoms with van der Waals surface area (Å²) < 4.78 is 0. The van der Waals surface area contributed by atoms with E-state index in [1.54, 1.807) is 6.08 Å². The standard InChI is InChI=1S/C7H9NO/c8-5-6-2-1-3-7(9)4-6/h4,7,9H,1-3H2/t7-/m0/s1. The van der Waals surface area contributed by atoms with Gasteiger partial charge in [0.1, 0.15) is 0 Å². The Balaban J connectivity index is 2.62. The Kier molecular flexibility index (Phi) is 1.86. The van der Waals surface area contributed by atoms with Crippen LogP contribution in [0, 0.1) is 11.3 Å². The zero-order valence-corrected chi connectivity index (χ0v) is 5.17. The normalized spacial score (nSPS) is 26.7. The zero-order valence-electron chi connectivity index (χ0n) is 5.17. The average molecular weight is 123 g/mol. The second kappa shape index (κ2) is 2.65. The van der Waals surface area contributed by atoms with Crippen LogP contribution in [0.1, 0.15) is 19.3 Å². The predicted octanol–water partition coefficient (Wildman–Crippen LogP) is 0.981. The van der Waals surface area contributed by atoms with Gasteiger partial charge in [0, 0.05) is 5.57 Å². The van der Waals surface area contributed by atoms with Crippen LogP contribution in [0.15, 0.2) is 11.6 Å². The fourth-order valence-corrected chi connectivity index (χ4v) is 0.994. The highest BCUT2D eigenvalue weighted by Gasteiger charge is 2.08. The van der Waals surface area contributed by atoms with Crippen LogP contribution >= 0.6 is 0 Å². The SMILES string of the molecule is N#CC1=C[C@@H](O)CCC1. The van der Waals surface area contributed by atoms with E-state index >= 15 is 0 Å². The van der Waals surface area contributed by atoms with Crippen molar-refractivity contribution in [1.29, 1.82) is 5.26 Å². The molecule has 0 aromatic heterocycles. The van der Waals surface area contributed by atoms with Gasteiger partial charge in [-0.15, -0.1) is 0 Å². The molecule has 0 unspecified atom stereocenters. The highest BCUT2D eigenvalue weighted by Crippen LogP contribution is 2.16. The van der Waals surface area contributed by atoms with E-state index in [0.29, 0.717) is 0 Å². The molecule has 2 heteroatoms. The third-order valence-corrected chi connectivity index (χ3v) is 1.48. The summed E-state index contributed by atoms with van der Waals surface area (Å²) in [6.07, 6.45) is 3.87.